The minimum atomic E-state index is -0.963. The van der Waals surface area contributed by atoms with Crippen LogP contribution in [0.1, 0.15) is 52.5 Å². The van der Waals surface area contributed by atoms with Gasteiger partial charge in [-0.05, 0) is 40.5 Å². The first kappa shape index (κ1) is 21.0. The van der Waals surface area contributed by atoms with Gasteiger partial charge in [0.1, 0.15) is 17.2 Å². The zero-order chi connectivity index (χ0) is 21.4. The molecule has 0 bridgehead atoms. The summed E-state index contributed by atoms with van der Waals surface area (Å²) in [5.41, 5.74) is -1.59. The first-order valence-corrected chi connectivity index (χ1v) is 9.57. The van der Waals surface area contributed by atoms with Crippen molar-refractivity contribution in [1.29, 1.82) is 0 Å². The fraction of sp³-hybridized carbons (Fsp3) is 0.722. The summed E-state index contributed by atoms with van der Waals surface area (Å²) in [6.45, 7) is 7.31. The highest BCUT2D eigenvalue weighted by Gasteiger charge is 2.60. The number of rotatable bonds is 5. The molecule has 1 aromatic rings. The number of β-lactam (4-membered cyclic amide) rings is 1. The lowest BCUT2D eigenvalue weighted by Crippen LogP contribution is -2.73. The largest absolute Gasteiger partial charge is 0.444 e. The molecule has 2 N–H and O–H groups in total. The van der Waals surface area contributed by atoms with Gasteiger partial charge < -0.3 is 24.6 Å². The van der Waals surface area contributed by atoms with E-state index in [1.165, 1.54) is 23.1 Å². The Balaban J connectivity index is 1.60. The minimum absolute atomic E-state index is 0.0756. The van der Waals surface area contributed by atoms with Crippen molar-refractivity contribution in [3.8, 4) is 0 Å². The second-order valence-corrected chi connectivity index (χ2v) is 8.49. The van der Waals surface area contributed by atoms with Crippen LogP contribution >= 0.6 is 0 Å². The van der Waals surface area contributed by atoms with Crippen molar-refractivity contribution in [3.05, 3.63) is 12.2 Å². The molecule has 3 heterocycles. The monoisotopic (exact) mass is 409 g/mol. The van der Waals surface area contributed by atoms with Crippen molar-refractivity contribution in [2.24, 2.45) is 0 Å². The number of hydrogen-bond acceptors (Lipinski definition) is 8. The van der Waals surface area contributed by atoms with Crippen molar-refractivity contribution in [2.45, 2.75) is 63.8 Å². The van der Waals surface area contributed by atoms with Crippen LogP contribution in [0.3, 0.4) is 0 Å². The van der Waals surface area contributed by atoms with E-state index in [9.17, 15) is 19.5 Å². The first-order valence-electron chi connectivity index (χ1n) is 9.57. The van der Waals surface area contributed by atoms with Crippen LogP contribution in [0, 0.1) is 0 Å². The van der Waals surface area contributed by atoms with Crippen LogP contribution in [0.2, 0.25) is 0 Å². The number of nitrogens with one attached hydrogen (secondary N) is 1. The Kier molecular flexibility index (Phi) is 5.52. The lowest BCUT2D eigenvalue weighted by Gasteiger charge is -2.50. The Morgan fingerprint density at radius 2 is 2.17 bits per heavy atom. The smallest absolute Gasteiger partial charge is 0.411 e. The van der Waals surface area contributed by atoms with E-state index < -0.39 is 35.3 Å². The number of carbonyl (C=O) groups excluding carboxylic acids is 3. The van der Waals surface area contributed by atoms with E-state index in [-0.39, 0.29) is 24.9 Å². The van der Waals surface area contributed by atoms with Gasteiger partial charge in [0.15, 0.2) is 6.33 Å². The van der Waals surface area contributed by atoms with E-state index in [1.807, 2.05) is 0 Å². The number of amides is 3. The normalized spacial score (nSPS) is 23.7. The van der Waals surface area contributed by atoms with Gasteiger partial charge in [-0.2, -0.15) is 4.98 Å². The Morgan fingerprint density at radius 1 is 1.45 bits per heavy atom. The van der Waals surface area contributed by atoms with Crippen molar-refractivity contribution in [3.63, 3.8) is 0 Å². The van der Waals surface area contributed by atoms with Crippen LogP contribution in [0.4, 0.5) is 4.79 Å². The van der Waals surface area contributed by atoms with E-state index in [4.69, 9.17) is 9.26 Å². The summed E-state index contributed by atoms with van der Waals surface area (Å²) in [5, 5.41) is 15.9. The number of nitrogens with zero attached hydrogens (tertiary/aromatic N) is 4. The number of aliphatic hydroxyl groups excluding tert-OH is 1. The summed E-state index contributed by atoms with van der Waals surface area (Å²) in [7, 11) is 0. The van der Waals surface area contributed by atoms with Gasteiger partial charge >= 0.3 is 6.09 Å². The molecule has 3 atom stereocenters. The summed E-state index contributed by atoms with van der Waals surface area (Å²) in [6.07, 6.45) is 0.937. The molecule has 11 nitrogen and oxygen atoms in total. The third-order valence-electron chi connectivity index (χ3n) is 5.02. The van der Waals surface area contributed by atoms with Gasteiger partial charge in [-0.25, -0.2) is 4.79 Å². The average Bonchev–Trinajstić information content (AvgIpc) is 3.28. The molecule has 1 aromatic heterocycles. The zero-order valence-electron chi connectivity index (χ0n) is 17.0. The van der Waals surface area contributed by atoms with Gasteiger partial charge in [-0.15, -0.1) is 0 Å². The summed E-state index contributed by atoms with van der Waals surface area (Å²) < 4.78 is 10.3. The van der Waals surface area contributed by atoms with Crippen LogP contribution in [0.15, 0.2) is 10.9 Å². The highest BCUT2D eigenvalue weighted by Crippen LogP contribution is 2.39. The second kappa shape index (κ2) is 7.62. The average molecular weight is 409 g/mol. The Hall–Kier alpha value is -2.69. The maximum atomic E-state index is 12.9. The molecule has 0 aliphatic carbocycles. The number of ether oxygens (including phenoxy) is 1. The van der Waals surface area contributed by atoms with Crippen LogP contribution in [-0.2, 0) is 14.3 Å². The summed E-state index contributed by atoms with van der Waals surface area (Å²) in [4.78, 5) is 44.5. The molecule has 11 heteroatoms. The predicted octanol–water partition coefficient (Wildman–Crippen LogP) is 0.220. The van der Waals surface area contributed by atoms with Gasteiger partial charge in [0, 0.05) is 6.54 Å². The maximum absolute atomic E-state index is 12.9. The highest BCUT2D eigenvalue weighted by molar-refractivity contribution is 5.98. The molecule has 0 radical (unpaired) electrons. The summed E-state index contributed by atoms with van der Waals surface area (Å²) >= 11 is 0. The fourth-order valence-corrected chi connectivity index (χ4v) is 3.73. The lowest BCUT2D eigenvalue weighted by atomic mass is 9.85. The molecule has 0 aromatic carbocycles. The lowest BCUT2D eigenvalue weighted by molar-refractivity contribution is -0.162. The highest BCUT2D eigenvalue weighted by atomic mass is 16.6. The maximum Gasteiger partial charge on any atom is 0.411 e. The van der Waals surface area contributed by atoms with E-state index in [0.717, 1.165) is 0 Å². The minimum Gasteiger partial charge on any atom is -0.444 e. The standard InChI is InChI=1S/C18H27N5O6/c1-11(24)13(14-19-10-20-29-14)21-12(25)8-22-9-18(15(22)26)6-5-7-23(18)16(27)28-17(2,3)4/h10-11,13,24H,5-9H2,1-4H3,(H,21,25). The van der Waals surface area contributed by atoms with E-state index in [2.05, 4.69) is 15.5 Å². The van der Waals surface area contributed by atoms with Crippen LogP contribution in [-0.4, -0.2) is 79.8 Å². The quantitative estimate of drug-likeness (QED) is 0.659. The van der Waals surface area contributed by atoms with Gasteiger partial charge in [-0.3, -0.25) is 14.5 Å². The molecule has 2 aliphatic heterocycles. The van der Waals surface area contributed by atoms with Crippen molar-refractivity contribution in [1.82, 2.24) is 25.3 Å². The van der Waals surface area contributed by atoms with Crippen LogP contribution in [0.5, 0.6) is 0 Å². The summed E-state index contributed by atoms with van der Waals surface area (Å²) in [5.74, 6) is -0.673. The number of aliphatic hydroxyl groups is 1. The van der Waals surface area contributed by atoms with Gasteiger partial charge in [0.2, 0.25) is 5.91 Å². The molecule has 2 fully saturated rings. The van der Waals surface area contributed by atoms with Crippen LogP contribution in [0.25, 0.3) is 0 Å². The summed E-state index contributed by atoms with van der Waals surface area (Å²) in [6, 6.07) is -0.875. The molecule has 2 aliphatic rings. The number of carbonyl (C=O) groups is 3. The zero-order valence-corrected chi connectivity index (χ0v) is 17.0. The molecule has 0 saturated carbocycles. The molecular formula is C18H27N5O6. The topological polar surface area (TPSA) is 138 Å². The molecule has 160 valence electrons. The number of hydrogen-bond donors (Lipinski definition) is 2. The SMILES string of the molecule is CC(O)C(NC(=O)CN1CC2(CCCN2C(=O)OC(C)(C)C)C1=O)c1ncno1. The van der Waals surface area contributed by atoms with Gasteiger partial charge in [-0.1, -0.05) is 5.16 Å². The molecule has 2 saturated heterocycles. The molecule has 1 spiro atoms. The number of aromatic nitrogens is 2. The van der Waals surface area contributed by atoms with E-state index in [1.54, 1.807) is 20.8 Å². The Bertz CT molecular complexity index is 774. The van der Waals surface area contributed by atoms with Crippen LogP contribution < -0.4 is 5.32 Å². The predicted molar refractivity (Wildman–Crippen MR) is 98.3 cm³/mol. The van der Waals surface area contributed by atoms with Crippen molar-refractivity contribution < 1.29 is 28.8 Å². The Morgan fingerprint density at radius 3 is 2.72 bits per heavy atom. The number of likely N-dealkylation sites (tertiary alicyclic amines) is 2. The molecule has 3 rings (SSSR count). The first-order chi connectivity index (χ1) is 13.5. The van der Waals surface area contributed by atoms with Crippen molar-refractivity contribution in [2.75, 3.05) is 19.6 Å². The fourth-order valence-electron chi connectivity index (χ4n) is 3.73. The van der Waals surface area contributed by atoms with E-state index >= 15 is 0 Å². The third-order valence-corrected chi connectivity index (χ3v) is 5.02. The van der Waals surface area contributed by atoms with Crippen molar-refractivity contribution >= 4 is 17.9 Å². The Labute approximate surface area is 168 Å². The molecule has 29 heavy (non-hydrogen) atoms. The molecular weight excluding hydrogens is 382 g/mol. The second-order valence-electron chi connectivity index (χ2n) is 8.49. The third kappa shape index (κ3) is 4.19. The van der Waals surface area contributed by atoms with E-state index in [0.29, 0.717) is 19.4 Å². The van der Waals surface area contributed by atoms with Gasteiger partial charge in [0.05, 0.1) is 19.2 Å². The van der Waals surface area contributed by atoms with Gasteiger partial charge in [0.25, 0.3) is 11.8 Å². The molecule has 3 amide bonds. The molecule has 3 unspecified atom stereocenters.